The maximum Gasteiger partial charge on any atom is 0.314 e. The lowest BCUT2D eigenvalue weighted by molar-refractivity contribution is 0.00201. The van der Waals surface area contributed by atoms with Gasteiger partial charge in [0, 0.05) is 26.3 Å². The van der Waals surface area contributed by atoms with Crippen LogP contribution in [0, 0.1) is 5.82 Å². The molecule has 0 aliphatic carbocycles. The number of carbonyl (C=O) groups is 1. The lowest BCUT2D eigenvalue weighted by atomic mass is 9.95. The van der Waals surface area contributed by atoms with Crippen LogP contribution in [-0.4, -0.2) is 39.9 Å². The molecule has 1 atom stereocenters. The van der Waals surface area contributed by atoms with Crippen molar-refractivity contribution in [2.75, 3.05) is 33.9 Å². The molecular weight excluding hydrogens is 263 g/mol. The van der Waals surface area contributed by atoms with Gasteiger partial charge in [0.2, 0.25) is 0 Å². The molecule has 5 nitrogen and oxygen atoms in total. The maximum absolute atomic E-state index is 13.8. The van der Waals surface area contributed by atoms with Crippen LogP contribution in [0.3, 0.4) is 0 Å². The average molecular weight is 284 g/mol. The highest BCUT2D eigenvalue weighted by Crippen LogP contribution is 2.26. The molecule has 1 aromatic rings. The first-order valence-electron chi connectivity index (χ1n) is 6.34. The van der Waals surface area contributed by atoms with Gasteiger partial charge in [-0.05, 0) is 13.0 Å². The van der Waals surface area contributed by atoms with Crippen molar-refractivity contribution >= 4 is 6.03 Å². The lowest BCUT2D eigenvalue weighted by Crippen LogP contribution is -2.45. The van der Waals surface area contributed by atoms with Crippen molar-refractivity contribution in [3.63, 3.8) is 0 Å². The van der Waals surface area contributed by atoms with Gasteiger partial charge in [0.05, 0.1) is 13.2 Å². The van der Waals surface area contributed by atoms with Gasteiger partial charge in [0.25, 0.3) is 0 Å². The summed E-state index contributed by atoms with van der Waals surface area (Å²) in [6, 6.07) is 6.00. The molecule has 0 saturated heterocycles. The van der Waals surface area contributed by atoms with Crippen molar-refractivity contribution in [3.05, 3.63) is 35.6 Å². The van der Waals surface area contributed by atoms with E-state index in [2.05, 4.69) is 10.6 Å². The van der Waals surface area contributed by atoms with Crippen molar-refractivity contribution in [3.8, 4) is 0 Å². The molecule has 0 aliphatic rings. The minimum atomic E-state index is -0.927. The van der Waals surface area contributed by atoms with Gasteiger partial charge in [-0.2, -0.15) is 0 Å². The molecule has 0 aliphatic heterocycles. The zero-order chi connectivity index (χ0) is 15.0. The number of nitrogens with one attached hydrogen (secondary N) is 2. The Balaban J connectivity index is 2.62. The Morgan fingerprint density at radius 2 is 2.00 bits per heavy atom. The minimum Gasteiger partial charge on any atom is -0.383 e. The number of amides is 2. The quantitative estimate of drug-likeness (QED) is 0.748. The van der Waals surface area contributed by atoms with E-state index in [-0.39, 0.29) is 18.4 Å². The van der Waals surface area contributed by atoms with Crippen LogP contribution in [0.25, 0.3) is 0 Å². The maximum atomic E-state index is 13.8. The summed E-state index contributed by atoms with van der Waals surface area (Å²) < 4.78 is 24.0. The first-order chi connectivity index (χ1) is 9.53. The monoisotopic (exact) mass is 284 g/mol. The van der Waals surface area contributed by atoms with Crippen LogP contribution in [0.4, 0.5) is 9.18 Å². The predicted octanol–water partition coefficient (Wildman–Crippen LogP) is 1.63. The van der Waals surface area contributed by atoms with Crippen LogP contribution in [0.5, 0.6) is 0 Å². The molecular formula is C14H21FN2O3. The molecule has 2 amide bonds. The second-order valence-electron chi connectivity index (χ2n) is 4.52. The second-order valence-corrected chi connectivity index (χ2v) is 4.52. The highest BCUT2D eigenvalue weighted by molar-refractivity contribution is 5.73. The van der Waals surface area contributed by atoms with Gasteiger partial charge in [0.1, 0.15) is 11.4 Å². The molecule has 112 valence electrons. The molecule has 0 saturated carbocycles. The number of benzene rings is 1. The number of hydrogen-bond donors (Lipinski definition) is 2. The average Bonchev–Trinajstić information content (AvgIpc) is 2.45. The molecule has 6 heteroatoms. The molecule has 0 aromatic heterocycles. The molecule has 2 N–H and O–H groups in total. The smallest absolute Gasteiger partial charge is 0.314 e. The molecule has 1 rings (SSSR count). The summed E-state index contributed by atoms with van der Waals surface area (Å²) in [4.78, 5) is 11.6. The Kier molecular flexibility index (Phi) is 6.41. The van der Waals surface area contributed by atoms with Gasteiger partial charge in [-0.15, -0.1) is 0 Å². The van der Waals surface area contributed by atoms with Crippen LogP contribution in [0.15, 0.2) is 24.3 Å². The van der Waals surface area contributed by atoms with Crippen molar-refractivity contribution in [1.29, 1.82) is 0 Å². The first kappa shape index (κ1) is 16.4. The Morgan fingerprint density at radius 1 is 1.30 bits per heavy atom. The summed E-state index contributed by atoms with van der Waals surface area (Å²) in [5.41, 5.74) is -0.524. The van der Waals surface area contributed by atoms with Gasteiger partial charge in [-0.1, -0.05) is 18.2 Å². The van der Waals surface area contributed by atoms with Crippen molar-refractivity contribution in [2.24, 2.45) is 0 Å². The topological polar surface area (TPSA) is 59.6 Å². The molecule has 0 bridgehead atoms. The lowest BCUT2D eigenvalue weighted by Gasteiger charge is -2.29. The van der Waals surface area contributed by atoms with E-state index >= 15 is 0 Å². The summed E-state index contributed by atoms with van der Waals surface area (Å²) in [7, 11) is 3.04. The fourth-order valence-electron chi connectivity index (χ4n) is 1.75. The zero-order valence-corrected chi connectivity index (χ0v) is 12.0. The molecule has 1 aromatic carbocycles. The number of urea groups is 1. The van der Waals surface area contributed by atoms with Gasteiger partial charge < -0.3 is 20.1 Å². The number of hydrogen-bond acceptors (Lipinski definition) is 3. The van der Waals surface area contributed by atoms with E-state index in [1.807, 2.05) is 0 Å². The zero-order valence-electron chi connectivity index (χ0n) is 12.0. The van der Waals surface area contributed by atoms with Crippen molar-refractivity contribution < 1.29 is 18.7 Å². The van der Waals surface area contributed by atoms with Gasteiger partial charge in [-0.3, -0.25) is 0 Å². The van der Waals surface area contributed by atoms with Gasteiger partial charge in [-0.25, -0.2) is 9.18 Å². The molecule has 0 heterocycles. The van der Waals surface area contributed by atoms with Crippen LogP contribution < -0.4 is 10.6 Å². The van der Waals surface area contributed by atoms with E-state index in [1.165, 1.54) is 13.2 Å². The van der Waals surface area contributed by atoms with Gasteiger partial charge in [0.15, 0.2) is 0 Å². The predicted molar refractivity (Wildman–Crippen MR) is 74.0 cm³/mol. The molecule has 0 radical (unpaired) electrons. The summed E-state index contributed by atoms with van der Waals surface area (Å²) >= 11 is 0. The van der Waals surface area contributed by atoms with Crippen LogP contribution in [-0.2, 0) is 15.1 Å². The summed E-state index contributed by atoms with van der Waals surface area (Å²) in [5.74, 6) is -0.363. The standard InChI is InChI=1S/C14H21FN2O3/c1-14(20-3,11-6-4-5-7-12(11)15)10-17-13(18)16-8-9-19-2/h4-7H,8-10H2,1-3H3,(H2,16,17,18). The Morgan fingerprint density at radius 3 is 2.60 bits per heavy atom. The van der Waals surface area contributed by atoms with Crippen molar-refractivity contribution in [1.82, 2.24) is 10.6 Å². The highest BCUT2D eigenvalue weighted by Gasteiger charge is 2.29. The van der Waals surface area contributed by atoms with E-state index in [4.69, 9.17) is 9.47 Å². The Bertz CT molecular complexity index is 442. The van der Waals surface area contributed by atoms with E-state index in [1.54, 1.807) is 32.2 Å². The number of ether oxygens (including phenoxy) is 2. The minimum absolute atomic E-state index is 0.156. The fraction of sp³-hybridized carbons (Fsp3) is 0.500. The van der Waals surface area contributed by atoms with Gasteiger partial charge >= 0.3 is 6.03 Å². The van der Waals surface area contributed by atoms with Crippen LogP contribution >= 0.6 is 0 Å². The molecule has 0 spiro atoms. The summed E-state index contributed by atoms with van der Waals surface area (Å²) in [5, 5.41) is 5.28. The SMILES string of the molecule is COCCNC(=O)NCC(C)(OC)c1ccccc1F. The molecule has 0 fully saturated rings. The second kappa shape index (κ2) is 7.81. The normalized spacial score (nSPS) is 13.6. The number of halogens is 1. The summed E-state index contributed by atoms with van der Waals surface area (Å²) in [6.45, 7) is 2.72. The third-order valence-corrected chi connectivity index (χ3v) is 3.07. The Hall–Kier alpha value is -1.66. The molecule has 1 unspecified atom stereocenters. The van der Waals surface area contributed by atoms with Crippen LogP contribution in [0.2, 0.25) is 0 Å². The van der Waals surface area contributed by atoms with E-state index in [9.17, 15) is 9.18 Å². The highest BCUT2D eigenvalue weighted by atomic mass is 19.1. The number of rotatable bonds is 7. The molecule has 20 heavy (non-hydrogen) atoms. The number of methoxy groups -OCH3 is 2. The number of carbonyl (C=O) groups excluding carboxylic acids is 1. The van der Waals surface area contributed by atoms with E-state index in [0.29, 0.717) is 18.7 Å². The van der Waals surface area contributed by atoms with Crippen molar-refractivity contribution in [2.45, 2.75) is 12.5 Å². The third-order valence-electron chi connectivity index (χ3n) is 3.07. The Labute approximate surface area is 118 Å². The summed E-state index contributed by atoms with van der Waals surface area (Å²) in [6.07, 6.45) is 0. The van der Waals surface area contributed by atoms with Crippen LogP contribution in [0.1, 0.15) is 12.5 Å². The largest absolute Gasteiger partial charge is 0.383 e. The van der Waals surface area contributed by atoms with E-state index in [0.717, 1.165) is 0 Å². The third kappa shape index (κ3) is 4.47. The fourth-order valence-corrected chi connectivity index (χ4v) is 1.75. The van der Waals surface area contributed by atoms with E-state index < -0.39 is 5.60 Å². The first-order valence-corrected chi connectivity index (χ1v) is 6.34.